The summed E-state index contributed by atoms with van der Waals surface area (Å²) in [6.45, 7) is 4.01. The summed E-state index contributed by atoms with van der Waals surface area (Å²) >= 11 is 0. The molecule has 0 saturated carbocycles. The molecule has 4 N–H and O–H groups in total. The van der Waals surface area contributed by atoms with Crippen molar-refractivity contribution in [1.29, 1.82) is 5.41 Å². The summed E-state index contributed by atoms with van der Waals surface area (Å²) in [6, 6.07) is 19.6. The van der Waals surface area contributed by atoms with Crippen LogP contribution in [0.15, 0.2) is 60.7 Å². The Labute approximate surface area is 212 Å². The van der Waals surface area contributed by atoms with E-state index >= 15 is 0 Å². The molecule has 8 heteroatoms. The molecule has 2 atom stereocenters. The van der Waals surface area contributed by atoms with E-state index in [1.54, 1.807) is 0 Å². The first-order valence-corrected chi connectivity index (χ1v) is 11.0. The highest BCUT2D eigenvalue weighted by Crippen LogP contribution is 2.27. The van der Waals surface area contributed by atoms with Gasteiger partial charge in [0.15, 0.2) is 0 Å². The highest BCUT2D eigenvalue weighted by Gasteiger charge is 2.23. The lowest BCUT2D eigenvalue weighted by Gasteiger charge is -2.18. The molecular weight excluding hydrogens is 473 g/mol. The molecule has 4 rings (SSSR count). The van der Waals surface area contributed by atoms with Crippen molar-refractivity contribution in [3.05, 3.63) is 77.4 Å². The molecule has 34 heavy (non-hydrogen) atoms. The Balaban J connectivity index is 0.00000204. The Morgan fingerprint density at radius 3 is 2.44 bits per heavy atom. The van der Waals surface area contributed by atoms with Gasteiger partial charge in [-0.25, -0.2) is 0 Å². The molecule has 3 aromatic rings. The van der Waals surface area contributed by atoms with Crippen molar-refractivity contribution >= 4 is 47.4 Å². The third kappa shape index (κ3) is 6.63. The molecule has 0 aliphatic carbocycles. The number of halogens is 2. The van der Waals surface area contributed by atoms with Gasteiger partial charge in [-0.3, -0.25) is 10.2 Å². The van der Waals surface area contributed by atoms with Gasteiger partial charge in [0.1, 0.15) is 17.7 Å². The lowest BCUT2D eigenvalue weighted by atomic mass is 9.91. The number of rotatable bonds is 8. The van der Waals surface area contributed by atoms with E-state index in [-0.39, 0.29) is 42.7 Å². The second kappa shape index (κ2) is 12.6. The van der Waals surface area contributed by atoms with E-state index in [1.165, 1.54) is 0 Å². The van der Waals surface area contributed by atoms with Gasteiger partial charge in [0, 0.05) is 12.1 Å². The van der Waals surface area contributed by atoms with Crippen molar-refractivity contribution in [2.24, 2.45) is 5.73 Å². The van der Waals surface area contributed by atoms with Crippen molar-refractivity contribution < 1.29 is 14.3 Å². The lowest BCUT2D eigenvalue weighted by molar-refractivity contribution is -0.144. The number of benzene rings is 3. The molecule has 0 radical (unpaired) electrons. The second-order valence-corrected chi connectivity index (χ2v) is 8.12. The Kier molecular flexibility index (Phi) is 10.2. The number of ether oxygens (including phenoxy) is 2. The number of esters is 1. The summed E-state index contributed by atoms with van der Waals surface area (Å²) in [5, 5.41) is 13.0. The number of carbonyl (C=O) groups is 1. The molecule has 182 valence electrons. The third-order valence-electron chi connectivity index (χ3n) is 5.83. The van der Waals surface area contributed by atoms with Gasteiger partial charge >= 0.3 is 5.97 Å². The first-order chi connectivity index (χ1) is 15.5. The Bertz CT molecular complexity index is 1120. The first-order valence-electron chi connectivity index (χ1n) is 11.0. The smallest absolute Gasteiger partial charge is 0.313 e. The standard InChI is InChI=1S/C26H29N3O3.2ClH/c1-2-31-26(30)24(18-7-9-22(10-8-18)32-23-11-12-29-16-23)14-17-3-4-20-15-21(25(27)28)6-5-19(20)13-17;;/h3-10,13,15,23-24,29H,2,11-12,14,16H2,1H3,(H3,27,28);2*1H/t23-,24?;;/m0../s1. The zero-order valence-electron chi connectivity index (χ0n) is 19.1. The van der Waals surface area contributed by atoms with Crippen molar-refractivity contribution in [2.45, 2.75) is 31.8 Å². The summed E-state index contributed by atoms with van der Waals surface area (Å²) in [5.74, 6) is 0.242. The Morgan fingerprint density at radius 2 is 1.79 bits per heavy atom. The number of amidine groups is 1. The minimum Gasteiger partial charge on any atom is -0.489 e. The van der Waals surface area contributed by atoms with Gasteiger partial charge in [-0.05, 0) is 66.4 Å². The molecule has 0 amide bonds. The Morgan fingerprint density at radius 1 is 1.09 bits per heavy atom. The molecule has 0 spiro atoms. The van der Waals surface area contributed by atoms with Gasteiger partial charge < -0.3 is 20.5 Å². The van der Waals surface area contributed by atoms with E-state index in [0.717, 1.165) is 47.2 Å². The summed E-state index contributed by atoms with van der Waals surface area (Å²) < 4.78 is 11.4. The minimum atomic E-state index is -0.397. The molecular formula is C26H31Cl2N3O3. The van der Waals surface area contributed by atoms with Crippen LogP contribution in [0.2, 0.25) is 0 Å². The average molecular weight is 504 g/mol. The van der Waals surface area contributed by atoms with Gasteiger partial charge in [0.05, 0.1) is 12.5 Å². The molecule has 1 heterocycles. The summed E-state index contributed by atoms with van der Waals surface area (Å²) in [5.41, 5.74) is 8.26. The quantitative estimate of drug-likeness (QED) is 0.237. The number of nitrogen functional groups attached to an aromatic ring is 1. The van der Waals surface area contributed by atoms with Gasteiger partial charge in [-0.1, -0.05) is 42.5 Å². The molecule has 1 aliphatic heterocycles. The normalized spacial score (nSPS) is 15.6. The SMILES string of the molecule is CCOC(=O)C(Cc1ccc2cc(C(=N)N)ccc2c1)c1ccc(O[C@H]2CCNC2)cc1.Cl.Cl. The van der Waals surface area contributed by atoms with E-state index in [1.807, 2.05) is 61.5 Å². The highest BCUT2D eigenvalue weighted by atomic mass is 35.5. The monoisotopic (exact) mass is 503 g/mol. The fourth-order valence-electron chi connectivity index (χ4n) is 4.11. The maximum Gasteiger partial charge on any atom is 0.313 e. The van der Waals surface area contributed by atoms with Gasteiger partial charge in [-0.15, -0.1) is 24.8 Å². The van der Waals surface area contributed by atoms with Gasteiger partial charge in [0.2, 0.25) is 0 Å². The number of nitrogens with two attached hydrogens (primary N) is 1. The van der Waals surface area contributed by atoms with Gasteiger partial charge in [-0.2, -0.15) is 0 Å². The third-order valence-corrected chi connectivity index (χ3v) is 5.83. The van der Waals surface area contributed by atoms with Crippen LogP contribution >= 0.6 is 24.8 Å². The van der Waals surface area contributed by atoms with Crippen LogP contribution in [-0.4, -0.2) is 37.6 Å². The molecule has 6 nitrogen and oxygen atoms in total. The number of fused-ring (bicyclic) bond motifs is 1. The van der Waals surface area contributed by atoms with E-state index in [2.05, 4.69) is 11.4 Å². The average Bonchev–Trinajstić information content (AvgIpc) is 3.31. The highest BCUT2D eigenvalue weighted by molar-refractivity contribution is 5.99. The van der Waals surface area contributed by atoms with Crippen LogP contribution in [0.4, 0.5) is 0 Å². The maximum atomic E-state index is 12.8. The van der Waals surface area contributed by atoms with Crippen molar-refractivity contribution in [2.75, 3.05) is 19.7 Å². The maximum absolute atomic E-state index is 12.8. The van der Waals surface area contributed by atoms with Crippen LogP contribution in [0.3, 0.4) is 0 Å². The topological polar surface area (TPSA) is 97.4 Å². The first kappa shape index (κ1) is 27.4. The molecule has 1 fully saturated rings. The molecule has 1 unspecified atom stereocenters. The van der Waals surface area contributed by atoms with Crippen molar-refractivity contribution in [3.63, 3.8) is 0 Å². The summed E-state index contributed by atoms with van der Waals surface area (Å²) in [6.07, 6.45) is 1.74. The van der Waals surface area contributed by atoms with E-state index < -0.39 is 5.92 Å². The zero-order valence-corrected chi connectivity index (χ0v) is 20.7. The number of carbonyl (C=O) groups excluding carboxylic acids is 1. The summed E-state index contributed by atoms with van der Waals surface area (Å²) in [7, 11) is 0. The molecule has 1 saturated heterocycles. The van der Waals surface area contributed by atoms with E-state index in [0.29, 0.717) is 18.6 Å². The molecule has 0 bridgehead atoms. The van der Waals surface area contributed by atoms with Crippen LogP contribution in [0.5, 0.6) is 5.75 Å². The number of nitrogens with one attached hydrogen (secondary N) is 2. The van der Waals surface area contributed by atoms with Crippen LogP contribution < -0.4 is 15.8 Å². The minimum absolute atomic E-state index is 0. The summed E-state index contributed by atoms with van der Waals surface area (Å²) in [4.78, 5) is 12.8. The predicted molar refractivity (Wildman–Crippen MR) is 141 cm³/mol. The number of hydrogen-bond donors (Lipinski definition) is 3. The molecule has 3 aromatic carbocycles. The van der Waals surface area contributed by atoms with Crippen LogP contribution in [0.1, 0.15) is 36.0 Å². The van der Waals surface area contributed by atoms with Crippen molar-refractivity contribution in [3.8, 4) is 5.75 Å². The van der Waals surface area contributed by atoms with E-state index in [9.17, 15) is 4.79 Å². The van der Waals surface area contributed by atoms with Crippen LogP contribution in [0, 0.1) is 5.41 Å². The fourth-order valence-corrected chi connectivity index (χ4v) is 4.11. The predicted octanol–water partition coefficient (Wildman–Crippen LogP) is 4.60. The zero-order chi connectivity index (χ0) is 22.5. The van der Waals surface area contributed by atoms with Crippen LogP contribution in [-0.2, 0) is 16.0 Å². The second-order valence-electron chi connectivity index (χ2n) is 8.12. The largest absolute Gasteiger partial charge is 0.489 e. The fraction of sp³-hybridized carbons (Fsp3) is 0.308. The van der Waals surface area contributed by atoms with Crippen LogP contribution in [0.25, 0.3) is 10.8 Å². The van der Waals surface area contributed by atoms with Gasteiger partial charge in [0.25, 0.3) is 0 Å². The Hall–Kier alpha value is -2.80. The number of hydrogen-bond acceptors (Lipinski definition) is 5. The molecule has 0 aromatic heterocycles. The lowest BCUT2D eigenvalue weighted by Crippen LogP contribution is -2.20. The molecule has 1 aliphatic rings. The van der Waals surface area contributed by atoms with Crippen molar-refractivity contribution in [1.82, 2.24) is 5.32 Å². The van der Waals surface area contributed by atoms with E-state index in [4.69, 9.17) is 20.6 Å².